The molecule has 0 amide bonds. The number of alkyl halides is 1. The van der Waals surface area contributed by atoms with Gasteiger partial charge in [-0.15, -0.1) is 0 Å². The van der Waals surface area contributed by atoms with Crippen molar-refractivity contribution >= 4 is 28.9 Å². The zero-order chi connectivity index (χ0) is 22.3. The van der Waals surface area contributed by atoms with E-state index in [4.69, 9.17) is 19.9 Å². The van der Waals surface area contributed by atoms with E-state index in [-0.39, 0.29) is 25.0 Å². The number of nitrogen functional groups attached to an aromatic ring is 1. The second-order valence-corrected chi connectivity index (χ2v) is 8.30. The molecule has 2 aromatic rings. The smallest absolute Gasteiger partial charge is 0.313 e. The van der Waals surface area contributed by atoms with Crippen molar-refractivity contribution in [1.82, 2.24) is 19.5 Å². The molecule has 4 N–H and O–H groups in total. The number of halogens is 1. The number of aliphatic hydroxyl groups is 1. The van der Waals surface area contributed by atoms with Crippen LogP contribution >= 0.6 is 0 Å². The average molecular weight is 426 g/mol. The molecule has 3 heterocycles. The van der Waals surface area contributed by atoms with Gasteiger partial charge in [0.25, 0.3) is 0 Å². The van der Waals surface area contributed by atoms with Crippen molar-refractivity contribution in [2.75, 3.05) is 31.5 Å². The van der Waals surface area contributed by atoms with E-state index in [2.05, 4.69) is 20.3 Å². The number of aromatic nitrogens is 4. The second kappa shape index (κ2) is 7.93. The molecule has 1 saturated heterocycles. The maximum Gasteiger partial charge on any atom is 0.313 e. The van der Waals surface area contributed by atoms with Crippen molar-refractivity contribution < 1.29 is 28.5 Å². The highest BCUT2D eigenvalue weighted by atomic mass is 19.1. The molecule has 0 aromatic carbocycles. The van der Waals surface area contributed by atoms with Gasteiger partial charge >= 0.3 is 5.97 Å². The lowest BCUT2D eigenvalue weighted by molar-refractivity contribution is -0.170. The molecule has 0 radical (unpaired) electrons. The standard InChI is InChI=1S/C18H27FN6O5/c1-17(2,3)15(27)29-8-28-6-9-11(26)18(4,19)14(30-9)25-7-22-10-12(21-5)23-16(20)24-13(10)25/h7,9,11,14,26H,6,8H2,1-5H3,(H3,20,21,23,24)/t9-,11-,14-,18-/m1/s1. The highest BCUT2D eigenvalue weighted by Gasteiger charge is 2.55. The summed E-state index contributed by atoms with van der Waals surface area (Å²) < 4.78 is 32.8. The van der Waals surface area contributed by atoms with Gasteiger partial charge in [-0.3, -0.25) is 9.36 Å². The minimum absolute atomic E-state index is 0.0201. The Bertz CT molecular complexity index is 928. The summed E-state index contributed by atoms with van der Waals surface area (Å²) in [6, 6.07) is 0. The lowest BCUT2D eigenvalue weighted by atomic mass is 9.98. The van der Waals surface area contributed by atoms with Crippen molar-refractivity contribution in [3.05, 3.63) is 6.33 Å². The van der Waals surface area contributed by atoms with Gasteiger partial charge in [0.05, 0.1) is 18.3 Å². The second-order valence-electron chi connectivity index (χ2n) is 8.30. The number of rotatable bonds is 6. The fourth-order valence-electron chi connectivity index (χ4n) is 3.11. The van der Waals surface area contributed by atoms with Crippen LogP contribution in [-0.2, 0) is 19.0 Å². The Morgan fingerprint density at radius 2 is 2.17 bits per heavy atom. The average Bonchev–Trinajstić information content (AvgIpc) is 3.16. The number of aliphatic hydroxyl groups excluding tert-OH is 1. The van der Waals surface area contributed by atoms with Crippen LogP contribution in [0, 0.1) is 5.41 Å². The molecule has 0 saturated carbocycles. The first kappa shape index (κ1) is 22.1. The molecule has 4 atom stereocenters. The molecule has 0 aliphatic carbocycles. The number of carbonyl (C=O) groups excluding carboxylic acids is 1. The third-order valence-electron chi connectivity index (χ3n) is 4.81. The Balaban J connectivity index is 1.74. The number of nitrogens with two attached hydrogens (primary N) is 1. The summed E-state index contributed by atoms with van der Waals surface area (Å²) in [7, 11) is 1.65. The van der Waals surface area contributed by atoms with Gasteiger partial charge in [-0.1, -0.05) is 0 Å². The Hall–Kier alpha value is -2.57. The lowest BCUT2D eigenvalue weighted by Crippen LogP contribution is -2.41. The molecule has 30 heavy (non-hydrogen) atoms. The van der Waals surface area contributed by atoms with Crippen LogP contribution in [0.15, 0.2) is 6.33 Å². The van der Waals surface area contributed by atoms with Gasteiger partial charge in [0.15, 0.2) is 35.7 Å². The van der Waals surface area contributed by atoms with Gasteiger partial charge in [-0.05, 0) is 27.7 Å². The first-order valence-corrected chi connectivity index (χ1v) is 9.42. The summed E-state index contributed by atoms with van der Waals surface area (Å²) in [4.78, 5) is 24.1. The quantitative estimate of drug-likeness (QED) is 0.347. The molecule has 1 aliphatic rings. The molecule has 11 nitrogen and oxygen atoms in total. The molecule has 2 aromatic heterocycles. The number of ether oxygens (including phenoxy) is 3. The largest absolute Gasteiger partial charge is 0.438 e. The van der Waals surface area contributed by atoms with Crippen molar-refractivity contribution in [1.29, 1.82) is 0 Å². The van der Waals surface area contributed by atoms with Gasteiger partial charge in [0, 0.05) is 7.05 Å². The Labute approximate surface area is 172 Å². The molecule has 166 valence electrons. The number of imidazole rings is 1. The number of fused-ring (bicyclic) bond motifs is 1. The van der Waals surface area contributed by atoms with E-state index in [1.807, 2.05) is 0 Å². The molecular formula is C18H27FN6O5. The molecule has 12 heteroatoms. The molecule has 0 spiro atoms. The number of carbonyl (C=O) groups is 1. The first-order valence-electron chi connectivity index (χ1n) is 9.42. The van der Waals surface area contributed by atoms with Crippen LogP contribution in [-0.4, -0.2) is 68.9 Å². The number of hydrogen-bond acceptors (Lipinski definition) is 10. The molecule has 3 rings (SSSR count). The van der Waals surface area contributed by atoms with Crippen LogP contribution in [0.2, 0.25) is 0 Å². The maximum atomic E-state index is 15.4. The minimum Gasteiger partial charge on any atom is -0.438 e. The Morgan fingerprint density at radius 3 is 2.80 bits per heavy atom. The van der Waals surface area contributed by atoms with E-state index in [1.165, 1.54) is 17.8 Å². The van der Waals surface area contributed by atoms with E-state index in [1.54, 1.807) is 27.8 Å². The van der Waals surface area contributed by atoms with Crippen molar-refractivity contribution in [2.45, 2.75) is 51.8 Å². The van der Waals surface area contributed by atoms with Crippen molar-refractivity contribution in [3.8, 4) is 0 Å². The van der Waals surface area contributed by atoms with E-state index < -0.39 is 35.5 Å². The predicted molar refractivity (Wildman–Crippen MR) is 105 cm³/mol. The fraction of sp³-hybridized carbons (Fsp3) is 0.667. The van der Waals surface area contributed by atoms with Crippen LogP contribution in [0.1, 0.15) is 33.9 Å². The number of nitrogens with one attached hydrogen (secondary N) is 1. The number of esters is 1. The van der Waals surface area contributed by atoms with E-state index >= 15 is 4.39 Å². The van der Waals surface area contributed by atoms with Crippen LogP contribution < -0.4 is 11.1 Å². The van der Waals surface area contributed by atoms with Crippen LogP contribution in [0.5, 0.6) is 0 Å². The first-order chi connectivity index (χ1) is 14.0. The van der Waals surface area contributed by atoms with Gasteiger partial charge in [-0.25, -0.2) is 9.37 Å². The lowest BCUT2D eigenvalue weighted by Gasteiger charge is -2.24. The molecular weight excluding hydrogens is 399 g/mol. The summed E-state index contributed by atoms with van der Waals surface area (Å²) in [5.74, 6) is -0.0738. The van der Waals surface area contributed by atoms with E-state index in [0.29, 0.717) is 11.3 Å². The topological polar surface area (TPSA) is 147 Å². The predicted octanol–water partition coefficient (Wildman–Crippen LogP) is 1.00. The summed E-state index contributed by atoms with van der Waals surface area (Å²) in [6.45, 7) is 5.84. The summed E-state index contributed by atoms with van der Waals surface area (Å²) in [5, 5.41) is 13.3. The maximum absolute atomic E-state index is 15.4. The monoisotopic (exact) mass is 426 g/mol. The van der Waals surface area contributed by atoms with Crippen LogP contribution in [0.3, 0.4) is 0 Å². The van der Waals surface area contributed by atoms with Gasteiger partial charge in [0.2, 0.25) is 5.95 Å². The summed E-state index contributed by atoms with van der Waals surface area (Å²) in [5.41, 5.74) is 3.53. The molecule has 1 fully saturated rings. The zero-order valence-electron chi connectivity index (χ0n) is 17.5. The zero-order valence-corrected chi connectivity index (χ0v) is 17.5. The Morgan fingerprint density at radius 1 is 1.47 bits per heavy atom. The van der Waals surface area contributed by atoms with E-state index in [0.717, 1.165) is 0 Å². The van der Waals surface area contributed by atoms with Crippen molar-refractivity contribution in [2.24, 2.45) is 5.41 Å². The van der Waals surface area contributed by atoms with Gasteiger partial charge in [0.1, 0.15) is 12.2 Å². The van der Waals surface area contributed by atoms with E-state index in [9.17, 15) is 9.90 Å². The highest BCUT2D eigenvalue weighted by Crippen LogP contribution is 2.42. The third kappa shape index (κ3) is 4.02. The number of anilines is 2. The fourth-order valence-corrected chi connectivity index (χ4v) is 3.11. The molecule has 1 aliphatic heterocycles. The Kier molecular flexibility index (Phi) is 5.85. The van der Waals surface area contributed by atoms with Crippen LogP contribution in [0.4, 0.5) is 16.2 Å². The van der Waals surface area contributed by atoms with Crippen LogP contribution in [0.25, 0.3) is 11.2 Å². The third-order valence-corrected chi connectivity index (χ3v) is 4.81. The molecule has 0 bridgehead atoms. The highest BCUT2D eigenvalue weighted by molar-refractivity contribution is 5.84. The van der Waals surface area contributed by atoms with Gasteiger partial charge < -0.3 is 30.4 Å². The van der Waals surface area contributed by atoms with Gasteiger partial charge in [-0.2, -0.15) is 9.97 Å². The SMILES string of the molecule is CNc1nc(N)nc2c1ncn2[C@@H]1O[C@H](COCOC(=O)C(C)(C)C)[C@@H](O)[C@@]1(C)F. The minimum atomic E-state index is -2.18. The number of nitrogens with zero attached hydrogens (tertiary/aromatic N) is 4. The molecule has 0 unspecified atom stereocenters. The normalized spacial score (nSPS) is 26.8. The van der Waals surface area contributed by atoms with Crippen molar-refractivity contribution in [3.63, 3.8) is 0 Å². The summed E-state index contributed by atoms with van der Waals surface area (Å²) in [6.07, 6.45) is -2.38. The number of hydrogen-bond donors (Lipinski definition) is 3. The summed E-state index contributed by atoms with van der Waals surface area (Å²) >= 11 is 0.